The number of aromatic nitrogens is 1. The Labute approximate surface area is 104 Å². The molecule has 0 aliphatic rings. The fourth-order valence-corrected chi connectivity index (χ4v) is 2.13. The summed E-state index contributed by atoms with van der Waals surface area (Å²) in [5.41, 5.74) is 4.21. The molecule has 0 N–H and O–H groups in total. The molecule has 0 fully saturated rings. The summed E-state index contributed by atoms with van der Waals surface area (Å²) in [6.07, 6.45) is 6.82. The molecule has 0 saturated heterocycles. The molecule has 0 saturated carbocycles. The van der Waals surface area contributed by atoms with E-state index in [4.69, 9.17) is 0 Å². The van der Waals surface area contributed by atoms with E-state index in [-0.39, 0.29) is 0 Å². The highest BCUT2D eigenvalue weighted by molar-refractivity contribution is 5.19. The fraction of sp³-hybridized carbons (Fsp3) is 0.312. The number of hydrogen-bond acceptors (Lipinski definition) is 0. The first-order valence-corrected chi connectivity index (χ1v) is 6.32. The van der Waals surface area contributed by atoms with Gasteiger partial charge in [0.1, 0.15) is 0 Å². The molecule has 0 unspecified atom stereocenters. The largest absolute Gasteiger partial charge is 0.201 e. The second-order valence-electron chi connectivity index (χ2n) is 4.56. The minimum Gasteiger partial charge on any atom is -0.201 e. The van der Waals surface area contributed by atoms with Crippen LogP contribution in [0, 0.1) is 6.92 Å². The Bertz CT molecular complexity index is 474. The predicted molar refractivity (Wildman–Crippen MR) is 70.9 cm³/mol. The Balaban J connectivity index is 2.15. The van der Waals surface area contributed by atoms with E-state index in [9.17, 15) is 0 Å². The van der Waals surface area contributed by atoms with E-state index in [0.29, 0.717) is 0 Å². The molecule has 2 rings (SSSR count). The Morgan fingerprint density at radius 2 is 1.82 bits per heavy atom. The van der Waals surface area contributed by atoms with Crippen molar-refractivity contribution in [3.63, 3.8) is 0 Å². The van der Waals surface area contributed by atoms with Crippen molar-refractivity contribution in [1.29, 1.82) is 0 Å². The summed E-state index contributed by atoms with van der Waals surface area (Å²) in [6, 6.07) is 12.8. The van der Waals surface area contributed by atoms with Crippen LogP contribution in [0.1, 0.15) is 30.0 Å². The van der Waals surface area contributed by atoms with Gasteiger partial charge in [-0.2, -0.15) is 0 Å². The number of pyridine rings is 1. The van der Waals surface area contributed by atoms with Gasteiger partial charge in [-0.1, -0.05) is 43.7 Å². The van der Waals surface area contributed by atoms with Crippen molar-refractivity contribution >= 4 is 0 Å². The van der Waals surface area contributed by atoms with E-state index in [0.717, 1.165) is 6.54 Å². The monoisotopic (exact) mass is 226 g/mol. The quantitative estimate of drug-likeness (QED) is 0.704. The van der Waals surface area contributed by atoms with Gasteiger partial charge < -0.3 is 0 Å². The van der Waals surface area contributed by atoms with Gasteiger partial charge in [-0.05, 0) is 18.9 Å². The Morgan fingerprint density at radius 3 is 2.47 bits per heavy atom. The summed E-state index contributed by atoms with van der Waals surface area (Å²) >= 11 is 0. The van der Waals surface area contributed by atoms with Crippen molar-refractivity contribution in [2.45, 2.75) is 33.2 Å². The number of rotatable bonds is 4. The zero-order valence-electron chi connectivity index (χ0n) is 10.7. The number of benzene rings is 1. The number of hydrogen-bond donors (Lipinski definition) is 0. The van der Waals surface area contributed by atoms with Gasteiger partial charge in [0.15, 0.2) is 18.9 Å². The molecule has 17 heavy (non-hydrogen) atoms. The summed E-state index contributed by atoms with van der Waals surface area (Å²) < 4.78 is 2.25. The lowest BCUT2D eigenvalue weighted by atomic mass is 10.1. The van der Waals surface area contributed by atoms with Crippen molar-refractivity contribution < 1.29 is 4.57 Å². The fourth-order valence-electron chi connectivity index (χ4n) is 2.13. The van der Waals surface area contributed by atoms with E-state index < -0.39 is 0 Å². The van der Waals surface area contributed by atoms with Gasteiger partial charge in [0.05, 0.1) is 0 Å². The SMILES string of the molecule is CCCc1cc[n+](Cc2ccccc2)cc1C. The summed E-state index contributed by atoms with van der Waals surface area (Å²) in [7, 11) is 0. The highest BCUT2D eigenvalue weighted by Crippen LogP contribution is 2.07. The van der Waals surface area contributed by atoms with Gasteiger partial charge >= 0.3 is 0 Å². The molecule has 88 valence electrons. The van der Waals surface area contributed by atoms with Crippen molar-refractivity contribution in [3.8, 4) is 0 Å². The molecule has 0 aliphatic carbocycles. The maximum absolute atomic E-state index is 2.25. The Hall–Kier alpha value is -1.63. The van der Waals surface area contributed by atoms with E-state index in [2.05, 4.69) is 67.2 Å². The van der Waals surface area contributed by atoms with E-state index in [1.54, 1.807) is 0 Å². The third-order valence-corrected chi connectivity index (χ3v) is 3.06. The first kappa shape index (κ1) is 11.8. The molecule has 1 aromatic carbocycles. The third kappa shape index (κ3) is 3.16. The van der Waals surface area contributed by atoms with Crippen LogP contribution in [0.15, 0.2) is 48.8 Å². The highest BCUT2D eigenvalue weighted by Gasteiger charge is 2.05. The van der Waals surface area contributed by atoms with Crippen LogP contribution in [0.4, 0.5) is 0 Å². The second-order valence-corrected chi connectivity index (χ2v) is 4.56. The van der Waals surface area contributed by atoms with Gasteiger partial charge in [0.25, 0.3) is 0 Å². The van der Waals surface area contributed by atoms with Crippen LogP contribution in [0.5, 0.6) is 0 Å². The molecule has 2 aromatic rings. The van der Waals surface area contributed by atoms with Crippen molar-refractivity contribution in [2.75, 3.05) is 0 Å². The molecule has 1 heterocycles. The van der Waals surface area contributed by atoms with Crippen LogP contribution in [0.25, 0.3) is 0 Å². The zero-order chi connectivity index (χ0) is 12.1. The number of aryl methyl sites for hydroxylation is 2. The maximum atomic E-state index is 2.25. The zero-order valence-corrected chi connectivity index (χ0v) is 10.7. The van der Waals surface area contributed by atoms with E-state index in [1.165, 1.54) is 29.5 Å². The molecule has 0 atom stereocenters. The van der Waals surface area contributed by atoms with Gasteiger partial charge in [0.2, 0.25) is 0 Å². The highest BCUT2D eigenvalue weighted by atomic mass is 14.9. The van der Waals surface area contributed by atoms with Crippen molar-refractivity contribution in [2.24, 2.45) is 0 Å². The summed E-state index contributed by atoms with van der Waals surface area (Å²) in [5, 5.41) is 0. The summed E-state index contributed by atoms with van der Waals surface area (Å²) in [4.78, 5) is 0. The number of nitrogens with zero attached hydrogens (tertiary/aromatic N) is 1. The van der Waals surface area contributed by atoms with Gasteiger partial charge in [-0.3, -0.25) is 0 Å². The molecule has 1 nitrogen and oxygen atoms in total. The third-order valence-electron chi connectivity index (χ3n) is 3.06. The van der Waals surface area contributed by atoms with Crippen LogP contribution in [-0.4, -0.2) is 0 Å². The Morgan fingerprint density at radius 1 is 1.06 bits per heavy atom. The molecular formula is C16H20N+. The van der Waals surface area contributed by atoms with Crippen molar-refractivity contribution in [1.82, 2.24) is 0 Å². The van der Waals surface area contributed by atoms with Crippen molar-refractivity contribution in [3.05, 3.63) is 65.5 Å². The average Bonchev–Trinajstić information content (AvgIpc) is 2.34. The molecule has 0 spiro atoms. The van der Waals surface area contributed by atoms with Crippen LogP contribution in [0.3, 0.4) is 0 Å². The smallest absolute Gasteiger partial charge is 0.173 e. The van der Waals surface area contributed by atoms with Crippen LogP contribution < -0.4 is 4.57 Å². The standard InChI is InChI=1S/C16H20N/c1-3-7-16-10-11-17(12-14(16)2)13-15-8-5-4-6-9-15/h4-6,8-12H,3,7,13H2,1-2H3/q+1. The van der Waals surface area contributed by atoms with Crippen LogP contribution in [-0.2, 0) is 13.0 Å². The van der Waals surface area contributed by atoms with Crippen LogP contribution in [0.2, 0.25) is 0 Å². The topological polar surface area (TPSA) is 3.88 Å². The molecule has 0 bridgehead atoms. The lowest BCUT2D eigenvalue weighted by Gasteiger charge is -2.03. The first-order chi connectivity index (χ1) is 8.29. The van der Waals surface area contributed by atoms with Crippen LogP contribution >= 0.6 is 0 Å². The molecule has 0 radical (unpaired) electrons. The van der Waals surface area contributed by atoms with E-state index in [1.807, 2.05) is 0 Å². The minimum atomic E-state index is 0.952. The molecular weight excluding hydrogens is 206 g/mol. The minimum absolute atomic E-state index is 0.952. The lowest BCUT2D eigenvalue weighted by Crippen LogP contribution is -2.34. The van der Waals surface area contributed by atoms with E-state index >= 15 is 0 Å². The van der Waals surface area contributed by atoms with Gasteiger partial charge in [0, 0.05) is 17.2 Å². The maximum Gasteiger partial charge on any atom is 0.173 e. The Kier molecular flexibility index (Phi) is 3.92. The lowest BCUT2D eigenvalue weighted by molar-refractivity contribution is -0.688. The molecule has 1 heteroatoms. The normalized spacial score (nSPS) is 10.5. The average molecular weight is 226 g/mol. The summed E-state index contributed by atoms with van der Waals surface area (Å²) in [5.74, 6) is 0. The first-order valence-electron chi connectivity index (χ1n) is 6.32. The summed E-state index contributed by atoms with van der Waals surface area (Å²) in [6.45, 7) is 5.38. The molecule has 1 aromatic heterocycles. The van der Waals surface area contributed by atoms with Gasteiger partial charge in [-0.25, -0.2) is 4.57 Å². The molecule has 0 amide bonds. The van der Waals surface area contributed by atoms with Gasteiger partial charge in [-0.15, -0.1) is 0 Å². The second kappa shape index (κ2) is 5.62. The predicted octanol–water partition coefficient (Wildman–Crippen LogP) is 3.28. The molecule has 0 aliphatic heterocycles.